The molecule has 0 aliphatic heterocycles. The SMILES string of the molecule is CC(CCN(C)C)Nc1nc(Cl)nc(-n2cncn2)n1. The van der Waals surface area contributed by atoms with E-state index in [0.717, 1.165) is 13.0 Å². The first-order chi connectivity index (χ1) is 9.54. The van der Waals surface area contributed by atoms with Crippen LogP contribution in [-0.2, 0) is 0 Å². The normalized spacial score (nSPS) is 12.7. The van der Waals surface area contributed by atoms with Crippen LogP contribution in [0.5, 0.6) is 0 Å². The molecule has 0 aromatic carbocycles. The van der Waals surface area contributed by atoms with E-state index in [1.54, 1.807) is 0 Å². The maximum absolute atomic E-state index is 5.91. The van der Waals surface area contributed by atoms with Crippen molar-refractivity contribution in [3.8, 4) is 5.95 Å². The highest BCUT2D eigenvalue weighted by Gasteiger charge is 2.10. The Labute approximate surface area is 122 Å². The predicted molar refractivity (Wildman–Crippen MR) is 76.0 cm³/mol. The van der Waals surface area contributed by atoms with Crippen LogP contribution in [0.15, 0.2) is 12.7 Å². The fourth-order valence-electron chi connectivity index (χ4n) is 1.56. The van der Waals surface area contributed by atoms with Gasteiger partial charge in [-0.1, -0.05) is 0 Å². The zero-order valence-electron chi connectivity index (χ0n) is 11.7. The second-order valence-electron chi connectivity index (χ2n) is 4.71. The Morgan fingerprint density at radius 3 is 2.80 bits per heavy atom. The highest BCUT2D eigenvalue weighted by Crippen LogP contribution is 2.10. The third-order valence-corrected chi connectivity index (χ3v) is 2.77. The van der Waals surface area contributed by atoms with Gasteiger partial charge >= 0.3 is 0 Å². The number of nitrogens with zero attached hydrogens (tertiary/aromatic N) is 7. The number of aromatic nitrogens is 6. The molecule has 2 heterocycles. The van der Waals surface area contributed by atoms with Gasteiger partial charge in [-0.15, -0.1) is 0 Å². The fraction of sp³-hybridized carbons (Fsp3) is 0.545. The lowest BCUT2D eigenvalue weighted by Crippen LogP contribution is -2.24. The molecule has 2 aromatic rings. The monoisotopic (exact) mass is 296 g/mol. The first kappa shape index (κ1) is 14.6. The quantitative estimate of drug-likeness (QED) is 0.846. The lowest BCUT2D eigenvalue weighted by Gasteiger charge is -2.16. The predicted octanol–water partition coefficient (Wildman–Crippen LogP) is 0.858. The minimum absolute atomic E-state index is 0.118. The molecule has 8 nitrogen and oxygen atoms in total. The molecule has 20 heavy (non-hydrogen) atoms. The highest BCUT2D eigenvalue weighted by molar-refractivity contribution is 6.28. The first-order valence-electron chi connectivity index (χ1n) is 6.22. The average molecular weight is 297 g/mol. The lowest BCUT2D eigenvalue weighted by molar-refractivity contribution is 0.390. The number of nitrogens with one attached hydrogen (secondary N) is 1. The Morgan fingerprint density at radius 2 is 2.15 bits per heavy atom. The molecule has 0 amide bonds. The summed E-state index contributed by atoms with van der Waals surface area (Å²) in [6.07, 6.45) is 3.88. The molecule has 0 saturated carbocycles. The van der Waals surface area contributed by atoms with E-state index in [4.69, 9.17) is 11.6 Å². The van der Waals surface area contributed by atoms with E-state index in [0.29, 0.717) is 11.9 Å². The number of halogens is 1. The fourth-order valence-corrected chi connectivity index (χ4v) is 1.72. The summed E-state index contributed by atoms with van der Waals surface area (Å²) in [4.78, 5) is 18.3. The van der Waals surface area contributed by atoms with Gasteiger partial charge < -0.3 is 10.2 Å². The van der Waals surface area contributed by atoms with Gasteiger partial charge in [0.15, 0.2) is 0 Å². The van der Waals surface area contributed by atoms with Crippen LogP contribution >= 0.6 is 11.6 Å². The Morgan fingerprint density at radius 1 is 1.35 bits per heavy atom. The van der Waals surface area contributed by atoms with Crippen LogP contribution < -0.4 is 5.32 Å². The molecule has 1 atom stereocenters. The van der Waals surface area contributed by atoms with Crippen molar-refractivity contribution in [2.75, 3.05) is 26.0 Å². The Kier molecular flexibility index (Phi) is 4.80. The van der Waals surface area contributed by atoms with Gasteiger partial charge in [0.25, 0.3) is 5.95 Å². The van der Waals surface area contributed by atoms with Crippen LogP contribution in [0.4, 0.5) is 5.95 Å². The number of hydrogen-bond donors (Lipinski definition) is 1. The van der Waals surface area contributed by atoms with Crippen molar-refractivity contribution in [3.05, 3.63) is 17.9 Å². The van der Waals surface area contributed by atoms with Crippen LogP contribution in [-0.4, -0.2) is 61.3 Å². The molecule has 0 spiro atoms. The third kappa shape index (κ3) is 4.10. The molecule has 1 N–H and O–H groups in total. The minimum Gasteiger partial charge on any atom is -0.352 e. The summed E-state index contributed by atoms with van der Waals surface area (Å²) in [6, 6.07) is 0.222. The molecule has 9 heteroatoms. The van der Waals surface area contributed by atoms with Crippen molar-refractivity contribution in [2.24, 2.45) is 0 Å². The summed E-state index contributed by atoms with van der Waals surface area (Å²) in [5.41, 5.74) is 0. The van der Waals surface area contributed by atoms with Gasteiger partial charge in [0.05, 0.1) is 0 Å². The number of anilines is 1. The molecule has 2 rings (SSSR count). The maximum atomic E-state index is 5.91. The molecule has 108 valence electrons. The average Bonchev–Trinajstić information content (AvgIpc) is 2.89. The molecule has 0 saturated heterocycles. The van der Waals surface area contributed by atoms with Gasteiger partial charge in [0.2, 0.25) is 11.2 Å². The van der Waals surface area contributed by atoms with Crippen molar-refractivity contribution in [1.29, 1.82) is 0 Å². The van der Waals surface area contributed by atoms with Crippen LogP contribution in [0, 0.1) is 0 Å². The smallest absolute Gasteiger partial charge is 0.258 e. The zero-order chi connectivity index (χ0) is 14.5. The van der Waals surface area contributed by atoms with Crippen molar-refractivity contribution in [3.63, 3.8) is 0 Å². The summed E-state index contributed by atoms with van der Waals surface area (Å²) >= 11 is 5.91. The summed E-state index contributed by atoms with van der Waals surface area (Å²) in [5.74, 6) is 0.770. The standard InChI is InChI=1S/C11H17ClN8/c1-8(4-5-19(2)3)15-10-16-9(12)17-11(18-10)20-7-13-6-14-20/h6-8H,4-5H2,1-3H3,(H,15,16,17,18). The Bertz CT molecular complexity index is 541. The van der Waals surface area contributed by atoms with Crippen LogP contribution in [0.25, 0.3) is 5.95 Å². The molecule has 1 unspecified atom stereocenters. The summed E-state index contributed by atoms with van der Waals surface area (Å²) in [7, 11) is 4.07. The summed E-state index contributed by atoms with van der Waals surface area (Å²) < 4.78 is 1.43. The van der Waals surface area contributed by atoms with E-state index in [1.165, 1.54) is 17.3 Å². The topological polar surface area (TPSA) is 84.6 Å². The maximum Gasteiger partial charge on any atom is 0.258 e. The molecule has 0 radical (unpaired) electrons. The van der Waals surface area contributed by atoms with E-state index in [9.17, 15) is 0 Å². The van der Waals surface area contributed by atoms with E-state index in [1.807, 2.05) is 14.1 Å². The molecule has 0 fully saturated rings. The van der Waals surface area contributed by atoms with Gasteiger partial charge in [-0.05, 0) is 45.6 Å². The molecule has 0 aliphatic carbocycles. The summed E-state index contributed by atoms with van der Waals surface area (Å²) in [6.45, 7) is 3.04. The van der Waals surface area contributed by atoms with Gasteiger partial charge in [-0.25, -0.2) is 4.98 Å². The van der Waals surface area contributed by atoms with Gasteiger partial charge in [-0.2, -0.15) is 24.7 Å². The second kappa shape index (κ2) is 6.58. The van der Waals surface area contributed by atoms with Crippen molar-refractivity contribution in [1.82, 2.24) is 34.6 Å². The van der Waals surface area contributed by atoms with E-state index >= 15 is 0 Å². The molecule has 0 bridgehead atoms. The number of rotatable bonds is 6. The second-order valence-corrected chi connectivity index (χ2v) is 5.04. The van der Waals surface area contributed by atoms with E-state index < -0.39 is 0 Å². The summed E-state index contributed by atoms with van der Waals surface area (Å²) in [5, 5.41) is 7.29. The third-order valence-electron chi connectivity index (χ3n) is 2.60. The van der Waals surface area contributed by atoms with Crippen LogP contribution in [0.1, 0.15) is 13.3 Å². The van der Waals surface area contributed by atoms with Gasteiger partial charge in [0.1, 0.15) is 12.7 Å². The molecular formula is C11H17ClN8. The van der Waals surface area contributed by atoms with Gasteiger partial charge in [0, 0.05) is 6.04 Å². The van der Waals surface area contributed by atoms with Crippen molar-refractivity contribution >= 4 is 17.5 Å². The van der Waals surface area contributed by atoms with Crippen LogP contribution in [0.2, 0.25) is 5.28 Å². The van der Waals surface area contributed by atoms with Crippen molar-refractivity contribution < 1.29 is 0 Å². The highest BCUT2D eigenvalue weighted by atomic mass is 35.5. The van der Waals surface area contributed by atoms with E-state index in [2.05, 4.69) is 42.2 Å². The Hall–Kier alpha value is -1.80. The van der Waals surface area contributed by atoms with E-state index in [-0.39, 0.29) is 11.3 Å². The number of hydrogen-bond acceptors (Lipinski definition) is 7. The molecule has 0 aliphatic rings. The molecular weight excluding hydrogens is 280 g/mol. The van der Waals surface area contributed by atoms with Crippen LogP contribution in [0.3, 0.4) is 0 Å². The minimum atomic E-state index is 0.118. The largest absolute Gasteiger partial charge is 0.352 e. The zero-order valence-corrected chi connectivity index (χ0v) is 12.4. The lowest BCUT2D eigenvalue weighted by atomic mass is 10.2. The molecule has 2 aromatic heterocycles. The van der Waals surface area contributed by atoms with Crippen molar-refractivity contribution in [2.45, 2.75) is 19.4 Å². The first-order valence-corrected chi connectivity index (χ1v) is 6.60. The Balaban J connectivity index is 2.08. The van der Waals surface area contributed by atoms with Gasteiger partial charge in [-0.3, -0.25) is 0 Å².